The van der Waals surface area contributed by atoms with Crippen molar-refractivity contribution in [3.63, 3.8) is 0 Å². The van der Waals surface area contributed by atoms with Crippen LogP contribution in [0.3, 0.4) is 0 Å². The van der Waals surface area contributed by atoms with Gasteiger partial charge in [-0.15, -0.1) is 0 Å². The van der Waals surface area contributed by atoms with Crippen molar-refractivity contribution >= 4 is 11.6 Å². The van der Waals surface area contributed by atoms with E-state index in [2.05, 4.69) is 10.3 Å². The zero-order valence-electron chi connectivity index (χ0n) is 16.8. The van der Waals surface area contributed by atoms with Crippen LogP contribution in [0.2, 0.25) is 0 Å². The molecule has 0 bridgehead atoms. The Bertz CT molecular complexity index is 974. The van der Waals surface area contributed by atoms with Gasteiger partial charge in [-0.25, -0.2) is 0 Å². The first-order valence-corrected chi connectivity index (χ1v) is 9.28. The molecular formula is C23H24N2O4. The molecule has 2 aromatic carbocycles. The number of hydrogen-bond acceptors (Lipinski definition) is 5. The molecule has 0 saturated heterocycles. The van der Waals surface area contributed by atoms with E-state index in [1.807, 2.05) is 55.5 Å². The van der Waals surface area contributed by atoms with Crippen molar-refractivity contribution in [2.75, 3.05) is 19.5 Å². The summed E-state index contributed by atoms with van der Waals surface area (Å²) in [4.78, 5) is 16.4. The average Bonchev–Trinajstić information content (AvgIpc) is 2.74. The highest BCUT2D eigenvalue weighted by molar-refractivity contribution is 5.91. The lowest BCUT2D eigenvalue weighted by Crippen LogP contribution is -2.12. The first-order chi connectivity index (χ1) is 14.1. The van der Waals surface area contributed by atoms with Crippen LogP contribution in [0.1, 0.15) is 17.5 Å². The summed E-state index contributed by atoms with van der Waals surface area (Å²) in [6.45, 7) is 1.94. The third-order valence-electron chi connectivity index (χ3n) is 4.41. The number of nitrogens with one attached hydrogen (secondary N) is 1. The van der Waals surface area contributed by atoms with E-state index in [1.54, 1.807) is 26.6 Å². The first kappa shape index (κ1) is 20.2. The molecular weight excluding hydrogens is 368 g/mol. The van der Waals surface area contributed by atoms with Gasteiger partial charge >= 0.3 is 0 Å². The van der Waals surface area contributed by atoms with E-state index in [-0.39, 0.29) is 5.91 Å². The fraction of sp³-hybridized carbons (Fsp3) is 0.217. The zero-order chi connectivity index (χ0) is 20.6. The molecule has 29 heavy (non-hydrogen) atoms. The predicted octanol–water partition coefficient (Wildman–Crippen LogP) is 4.77. The molecule has 1 heterocycles. The molecule has 6 nitrogen and oxygen atoms in total. The van der Waals surface area contributed by atoms with Crippen LogP contribution in [0.15, 0.2) is 60.9 Å². The van der Waals surface area contributed by atoms with Gasteiger partial charge in [0, 0.05) is 18.3 Å². The molecule has 0 radical (unpaired) electrons. The van der Waals surface area contributed by atoms with Gasteiger partial charge < -0.3 is 19.5 Å². The number of anilines is 1. The van der Waals surface area contributed by atoms with E-state index in [4.69, 9.17) is 14.2 Å². The number of ether oxygens (including phenoxy) is 3. The number of amides is 1. The van der Waals surface area contributed by atoms with E-state index in [0.717, 1.165) is 22.6 Å². The molecule has 6 heteroatoms. The van der Waals surface area contributed by atoms with Gasteiger partial charge in [0.2, 0.25) is 5.91 Å². The normalized spacial score (nSPS) is 10.3. The lowest BCUT2D eigenvalue weighted by atomic mass is 10.1. The zero-order valence-corrected chi connectivity index (χ0v) is 16.8. The molecule has 0 aliphatic rings. The quantitative estimate of drug-likeness (QED) is 0.598. The monoisotopic (exact) mass is 392 g/mol. The molecule has 0 atom stereocenters. The van der Waals surface area contributed by atoms with Crippen LogP contribution in [0, 0.1) is 6.92 Å². The standard InChI is InChI=1S/C23H24N2O4/c1-16-13-18(8-10-20(16)29-19-5-4-12-24-15-19)25-23(26)11-7-17-6-9-21(27-2)22(14-17)28-3/h4-6,8-10,12-15H,7,11H2,1-3H3,(H,25,26). The second-order valence-electron chi connectivity index (χ2n) is 6.51. The fourth-order valence-electron chi connectivity index (χ4n) is 2.89. The van der Waals surface area contributed by atoms with Gasteiger partial charge in [-0.2, -0.15) is 0 Å². The van der Waals surface area contributed by atoms with Crippen molar-refractivity contribution in [2.45, 2.75) is 19.8 Å². The third kappa shape index (κ3) is 5.48. The maximum Gasteiger partial charge on any atom is 0.224 e. The minimum Gasteiger partial charge on any atom is -0.493 e. The molecule has 0 saturated carbocycles. The Morgan fingerprint density at radius 2 is 1.79 bits per heavy atom. The lowest BCUT2D eigenvalue weighted by Gasteiger charge is -2.12. The highest BCUT2D eigenvalue weighted by Crippen LogP contribution is 2.29. The molecule has 1 N–H and O–H groups in total. The molecule has 0 unspecified atom stereocenters. The minimum absolute atomic E-state index is 0.0555. The summed E-state index contributed by atoms with van der Waals surface area (Å²) >= 11 is 0. The maximum absolute atomic E-state index is 12.3. The number of carbonyl (C=O) groups excluding carboxylic acids is 1. The Morgan fingerprint density at radius 3 is 2.48 bits per heavy atom. The van der Waals surface area contributed by atoms with Crippen LogP contribution in [0.25, 0.3) is 0 Å². The number of rotatable bonds is 8. The molecule has 150 valence electrons. The smallest absolute Gasteiger partial charge is 0.224 e. The molecule has 0 aliphatic carbocycles. The van der Waals surface area contributed by atoms with Crippen molar-refractivity contribution in [1.29, 1.82) is 0 Å². The van der Waals surface area contributed by atoms with Gasteiger partial charge in [0.25, 0.3) is 0 Å². The topological polar surface area (TPSA) is 69.7 Å². The van der Waals surface area contributed by atoms with Crippen LogP contribution in [0.4, 0.5) is 5.69 Å². The second-order valence-corrected chi connectivity index (χ2v) is 6.51. The SMILES string of the molecule is COc1ccc(CCC(=O)Nc2ccc(Oc3cccnc3)c(C)c2)cc1OC. The summed E-state index contributed by atoms with van der Waals surface area (Å²) in [5.41, 5.74) is 2.67. The van der Waals surface area contributed by atoms with Crippen molar-refractivity contribution in [2.24, 2.45) is 0 Å². The molecule has 3 aromatic rings. The number of carbonyl (C=O) groups is 1. The number of hydrogen-bond donors (Lipinski definition) is 1. The Morgan fingerprint density at radius 1 is 1.00 bits per heavy atom. The Balaban J connectivity index is 1.57. The van der Waals surface area contributed by atoms with Crippen molar-refractivity contribution in [1.82, 2.24) is 4.98 Å². The second kappa shape index (κ2) is 9.59. The van der Waals surface area contributed by atoms with Crippen LogP contribution >= 0.6 is 0 Å². The molecule has 0 aliphatic heterocycles. The van der Waals surface area contributed by atoms with Crippen LogP contribution < -0.4 is 19.5 Å². The Hall–Kier alpha value is -3.54. The first-order valence-electron chi connectivity index (χ1n) is 9.28. The van der Waals surface area contributed by atoms with Crippen molar-refractivity contribution in [3.05, 3.63) is 72.1 Å². The molecule has 0 spiro atoms. The average molecular weight is 392 g/mol. The van der Waals surface area contributed by atoms with Gasteiger partial charge in [-0.05, 0) is 66.9 Å². The predicted molar refractivity (Wildman–Crippen MR) is 112 cm³/mol. The number of pyridine rings is 1. The van der Waals surface area contributed by atoms with E-state index >= 15 is 0 Å². The third-order valence-corrected chi connectivity index (χ3v) is 4.41. The number of aromatic nitrogens is 1. The van der Waals surface area contributed by atoms with E-state index in [1.165, 1.54) is 0 Å². The largest absolute Gasteiger partial charge is 0.493 e. The maximum atomic E-state index is 12.3. The van der Waals surface area contributed by atoms with Gasteiger partial charge in [0.15, 0.2) is 11.5 Å². The van der Waals surface area contributed by atoms with Gasteiger partial charge in [0.05, 0.1) is 20.4 Å². The van der Waals surface area contributed by atoms with Gasteiger partial charge in [-0.3, -0.25) is 9.78 Å². The summed E-state index contributed by atoms with van der Waals surface area (Å²) in [6.07, 6.45) is 4.32. The van der Waals surface area contributed by atoms with Crippen LogP contribution in [0.5, 0.6) is 23.0 Å². The summed E-state index contributed by atoms with van der Waals surface area (Å²) in [7, 11) is 3.19. The van der Waals surface area contributed by atoms with E-state index in [0.29, 0.717) is 30.1 Å². The van der Waals surface area contributed by atoms with Crippen LogP contribution in [-0.4, -0.2) is 25.1 Å². The summed E-state index contributed by atoms with van der Waals surface area (Å²) in [5.74, 6) is 2.67. The number of aryl methyl sites for hydroxylation is 2. The summed E-state index contributed by atoms with van der Waals surface area (Å²) < 4.78 is 16.4. The number of benzene rings is 2. The van der Waals surface area contributed by atoms with Crippen molar-refractivity contribution < 1.29 is 19.0 Å². The lowest BCUT2D eigenvalue weighted by molar-refractivity contribution is -0.116. The highest BCUT2D eigenvalue weighted by Gasteiger charge is 2.09. The number of nitrogens with zero attached hydrogens (tertiary/aromatic N) is 1. The fourth-order valence-corrected chi connectivity index (χ4v) is 2.89. The van der Waals surface area contributed by atoms with Crippen molar-refractivity contribution in [3.8, 4) is 23.0 Å². The van der Waals surface area contributed by atoms with E-state index in [9.17, 15) is 4.79 Å². The molecule has 3 rings (SSSR count). The minimum atomic E-state index is -0.0555. The molecule has 0 fully saturated rings. The van der Waals surface area contributed by atoms with Gasteiger partial charge in [-0.1, -0.05) is 6.07 Å². The Labute approximate surface area is 170 Å². The highest BCUT2D eigenvalue weighted by atomic mass is 16.5. The summed E-state index contributed by atoms with van der Waals surface area (Å²) in [5, 5.41) is 2.93. The van der Waals surface area contributed by atoms with Gasteiger partial charge in [0.1, 0.15) is 11.5 Å². The van der Waals surface area contributed by atoms with E-state index < -0.39 is 0 Å². The summed E-state index contributed by atoms with van der Waals surface area (Å²) in [6, 6.07) is 14.9. The Kier molecular flexibility index (Phi) is 6.68. The van der Waals surface area contributed by atoms with Crippen LogP contribution in [-0.2, 0) is 11.2 Å². The molecule has 1 aromatic heterocycles. The number of methoxy groups -OCH3 is 2. The molecule has 1 amide bonds.